The molecule has 0 N–H and O–H groups in total. The van der Waals surface area contributed by atoms with E-state index in [1.807, 2.05) is 25.1 Å². The van der Waals surface area contributed by atoms with E-state index in [9.17, 15) is 13.6 Å². The third-order valence-electron chi connectivity index (χ3n) is 4.78. The molecule has 2 aromatic carbocycles. The third kappa shape index (κ3) is 3.63. The molecule has 148 valence electrons. The minimum Gasteiger partial charge on any atom is -0.493 e. The lowest BCUT2D eigenvalue weighted by Crippen LogP contribution is -2.16. The molecule has 0 bridgehead atoms. The summed E-state index contributed by atoms with van der Waals surface area (Å²) in [7, 11) is 1.68. The van der Waals surface area contributed by atoms with Gasteiger partial charge in [0.25, 0.3) is 5.56 Å². The van der Waals surface area contributed by atoms with Crippen LogP contribution in [0, 0.1) is 11.6 Å². The molecule has 0 saturated heterocycles. The fraction of sp³-hybridized carbons (Fsp3) is 0.182. The van der Waals surface area contributed by atoms with E-state index in [2.05, 4.69) is 5.10 Å². The summed E-state index contributed by atoms with van der Waals surface area (Å²) in [6.45, 7) is 2.46. The minimum absolute atomic E-state index is 0.157. The van der Waals surface area contributed by atoms with Gasteiger partial charge in [0.15, 0.2) is 0 Å². The number of fused-ring (bicyclic) bond motifs is 1. The number of nitrogens with zero attached hydrogens (tertiary/aromatic N) is 3. The Hall–Kier alpha value is -3.48. The van der Waals surface area contributed by atoms with Crippen molar-refractivity contribution in [3.63, 3.8) is 0 Å². The normalized spacial score (nSPS) is 11.2. The molecule has 4 rings (SSSR count). The van der Waals surface area contributed by atoms with Gasteiger partial charge in [-0.1, -0.05) is 18.2 Å². The number of aromatic nitrogens is 3. The standard InChI is InChI=1S/C22H19F2N3O2/c1-3-29-21-10-22(28)26(2)13-18(21)14-4-5-15-11-25-27(20(15)8-14)12-16-6-7-17(23)9-19(16)24/h4-11,13H,3,12H2,1-2H3. The fourth-order valence-corrected chi connectivity index (χ4v) is 3.28. The average Bonchev–Trinajstić information content (AvgIpc) is 3.09. The molecule has 7 heteroatoms. The summed E-state index contributed by atoms with van der Waals surface area (Å²) in [4.78, 5) is 12.0. The molecule has 2 aromatic heterocycles. The largest absolute Gasteiger partial charge is 0.493 e. The van der Waals surface area contributed by atoms with Crippen LogP contribution in [0.1, 0.15) is 12.5 Å². The highest BCUT2D eigenvalue weighted by atomic mass is 19.1. The van der Waals surface area contributed by atoms with Gasteiger partial charge in [-0.2, -0.15) is 5.10 Å². The summed E-state index contributed by atoms with van der Waals surface area (Å²) in [5, 5.41) is 5.24. The SMILES string of the molecule is CCOc1cc(=O)n(C)cc1-c1ccc2cnn(Cc3ccc(F)cc3F)c2c1. The number of halogens is 2. The van der Waals surface area contributed by atoms with E-state index in [4.69, 9.17) is 4.74 Å². The van der Waals surface area contributed by atoms with Crippen LogP contribution in [0.4, 0.5) is 8.78 Å². The zero-order chi connectivity index (χ0) is 20.5. The third-order valence-corrected chi connectivity index (χ3v) is 4.78. The number of rotatable bonds is 5. The van der Waals surface area contributed by atoms with Gasteiger partial charge in [-0.15, -0.1) is 0 Å². The van der Waals surface area contributed by atoms with Gasteiger partial charge in [-0.25, -0.2) is 8.78 Å². The van der Waals surface area contributed by atoms with Gasteiger partial charge in [-0.05, 0) is 24.6 Å². The zero-order valence-corrected chi connectivity index (χ0v) is 16.0. The van der Waals surface area contributed by atoms with E-state index in [0.29, 0.717) is 17.9 Å². The van der Waals surface area contributed by atoms with Crippen molar-refractivity contribution in [2.75, 3.05) is 6.61 Å². The van der Waals surface area contributed by atoms with E-state index in [0.717, 1.165) is 28.1 Å². The zero-order valence-electron chi connectivity index (χ0n) is 16.0. The van der Waals surface area contributed by atoms with E-state index in [1.165, 1.54) is 22.8 Å². The topological polar surface area (TPSA) is 49.1 Å². The van der Waals surface area contributed by atoms with Crippen LogP contribution in [0.15, 0.2) is 59.7 Å². The Balaban J connectivity index is 1.80. The summed E-state index contributed by atoms with van der Waals surface area (Å²) < 4.78 is 36.1. The molecule has 0 unspecified atom stereocenters. The first kappa shape index (κ1) is 18.9. The number of hydrogen-bond donors (Lipinski definition) is 0. The van der Waals surface area contributed by atoms with Gasteiger partial charge in [0.05, 0.1) is 24.9 Å². The molecule has 0 atom stereocenters. The van der Waals surface area contributed by atoms with Gasteiger partial charge < -0.3 is 9.30 Å². The minimum atomic E-state index is -0.614. The van der Waals surface area contributed by atoms with Crippen LogP contribution >= 0.6 is 0 Å². The Labute approximate surface area is 165 Å². The number of pyridine rings is 1. The van der Waals surface area contributed by atoms with Crippen molar-refractivity contribution in [2.24, 2.45) is 7.05 Å². The lowest BCUT2D eigenvalue weighted by Gasteiger charge is -2.12. The molecule has 0 fully saturated rings. The average molecular weight is 395 g/mol. The molecule has 0 aliphatic heterocycles. The predicted octanol–water partition coefficient (Wildman–Crippen LogP) is 4.13. The maximum Gasteiger partial charge on any atom is 0.254 e. The second-order valence-corrected chi connectivity index (χ2v) is 6.75. The lowest BCUT2D eigenvalue weighted by atomic mass is 10.0. The second kappa shape index (κ2) is 7.50. The van der Waals surface area contributed by atoms with E-state index < -0.39 is 11.6 Å². The molecule has 0 aliphatic carbocycles. The van der Waals surface area contributed by atoms with Crippen molar-refractivity contribution < 1.29 is 13.5 Å². The van der Waals surface area contributed by atoms with Crippen molar-refractivity contribution in [3.8, 4) is 16.9 Å². The number of hydrogen-bond acceptors (Lipinski definition) is 3. The number of benzene rings is 2. The summed E-state index contributed by atoms with van der Waals surface area (Å²) in [5.41, 5.74) is 2.60. The molecule has 29 heavy (non-hydrogen) atoms. The number of aryl methyl sites for hydroxylation is 1. The molecule has 0 amide bonds. The quantitative estimate of drug-likeness (QED) is 0.511. The van der Waals surface area contributed by atoms with Crippen LogP contribution in [0.25, 0.3) is 22.0 Å². The maximum absolute atomic E-state index is 14.1. The molecular weight excluding hydrogens is 376 g/mol. The maximum atomic E-state index is 14.1. The summed E-state index contributed by atoms with van der Waals surface area (Å²) >= 11 is 0. The summed E-state index contributed by atoms with van der Waals surface area (Å²) in [6, 6.07) is 10.7. The van der Waals surface area contributed by atoms with Crippen molar-refractivity contribution in [1.82, 2.24) is 14.3 Å². The van der Waals surface area contributed by atoms with Crippen molar-refractivity contribution in [3.05, 3.63) is 82.4 Å². The first-order valence-electron chi connectivity index (χ1n) is 9.19. The van der Waals surface area contributed by atoms with Gasteiger partial charge in [0, 0.05) is 41.9 Å². The van der Waals surface area contributed by atoms with Crippen molar-refractivity contribution >= 4 is 10.9 Å². The Morgan fingerprint density at radius 3 is 2.69 bits per heavy atom. The molecule has 0 spiro atoms. The smallest absolute Gasteiger partial charge is 0.254 e. The summed E-state index contributed by atoms with van der Waals surface area (Å²) in [5.74, 6) is -0.718. The van der Waals surface area contributed by atoms with Crippen LogP contribution in [0.2, 0.25) is 0 Å². The molecule has 0 saturated carbocycles. The first-order valence-corrected chi connectivity index (χ1v) is 9.19. The first-order chi connectivity index (χ1) is 14.0. The summed E-state index contributed by atoms with van der Waals surface area (Å²) in [6.07, 6.45) is 3.43. The van der Waals surface area contributed by atoms with Crippen LogP contribution in [-0.4, -0.2) is 21.0 Å². The van der Waals surface area contributed by atoms with E-state index >= 15 is 0 Å². The van der Waals surface area contributed by atoms with Crippen LogP contribution < -0.4 is 10.3 Å². The highest BCUT2D eigenvalue weighted by Gasteiger charge is 2.13. The Kier molecular flexibility index (Phi) is 4.88. The molecular formula is C22H19F2N3O2. The predicted molar refractivity (Wildman–Crippen MR) is 107 cm³/mol. The molecule has 0 radical (unpaired) electrons. The molecule has 2 heterocycles. The van der Waals surface area contributed by atoms with Gasteiger partial charge in [0.1, 0.15) is 17.4 Å². The van der Waals surface area contributed by atoms with Crippen LogP contribution in [0.3, 0.4) is 0 Å². The van der Waals surface area contributed by atoms with Crippen LogP contribution in [0.5, 0.6) is 5.75 Å². The van der Waals surface area contributed by atoms with E-state index in [1.54, 1.807) is 24.1 Å². The van der Waals surface area contributed by atoms with Gasteiger partial charge >= 0.3 is 0 Å². The Bertz CT molecular complexity index is 1260. The van der Waals surface area contributed by atoms with Crippen LogP contribution in [-0.2, 0) is 13.6 Å². The highest BCUT2D eigenvalue weighted by molar-refractivity contribution is 5.85. The fourth-order valence-electron chi connectivity index (χ4n) is 3.28. The van der Waals surface area contributed by atoms with E-state index in [-0.39, 0.29) is 12.1 Å². The van der Waals surface area contributed by atoms with Gasteiger partial charge in [0.2, 0.25) is 0 Å². The van der Waals surface area contributed by atoms with Crippen molar-refractivity contribution in [1.29, 1.82) is 0 Å². The lowest BCUT2D eigenvalue weighted by molar-refractivity contribution is 0.340. The second-order valence-electron chi connectivity index (χ2n) is 6.75. The monoisotopic (exact) mass is 395 g/mol. The van der Waals surface area contributed by atoms with Gasteiger partial charge in [-0.3, -0.25) is 9.48 Å². The Morgan fingerprint density at radius 1 is 1.10 bits per heavy atom. The molecule has 4 aromatic rings. The van der Waals surface area contributed by atoms with Crippen molar-refractivity contribution in [2.45, 2.75) is 13.5 Å². The molecule has 5 nitrogen and oxygen atoms in total. The highest BCUT2D eigenvalue weighted by Crippen LogP contribution is 2.31. The number of ether oxygens (including phenoxy) is 1. The molecule has 0 aliphatic rings. The Morgan fingerprint density at radius 2 is 1.93 bits per heavy atom.